The summed E-state index contributed by atoms with van der Waals surface area (Å²) in [5.74, 6) is -0.324. The molecule has 0 unspecified atom stereocenters. The second-order valence-electron chi connectivity index (χ2n) is 5.25. The van der Waals surface area contributed by atoms with Crippen LogP contribution in [0.25, 0.3) is 0 Å². The van der Waals surface area contributed by atoms with Crippen LogP contribution in [-0.4, -0.2) is 60.9 Å². The van der Waals surface area contributed by atoms with Crippen LogP contribution in [-0.2, 0) is 9.59 Å². The molecule has 0 aliphatic carbocycles. The molecule has 1 N–H and O–H groups in total. The van der Waals surface area contributed by atoms with Gasteiger partial charge in [-0.2, -0.15) is 5.26 Å². The fraction of sp³-hybridized carbons (Fsp3) is 0.643. The van der Waals surface area contributed by atoms with Crippen LogP contribution in [0.3, 0.4) is 0 Å². The molecule has 1 aliphatic heterocycles. The quantitative estimate of drug-likeness (QED) is 0.566. The van der Waals surface area contributed by atoms with Crippen molar-refractivity contribution in [1.82, 2.24) is 15.1 Å². The SMILES string of the molecule is C=CCN(CC#N)C(=O)[C@@H]1C[C@H](C(=O)N(C)C)[C@H](C)N1. The van der Waals surface area contributed by atoms with E-state index in [4.69, 9.17) is 5.26 Å². The van der Waals surface area contributed by atoms with Crippen LogP contribution in [0.2, 0.25) is 0 Å². The van der Waals surface area contributed by atoms with Crippen molar-refractivity contribution in [2.24, 2.45) is 5.92 Å². The zero-order valence-corrected chi connectivity index (χ0v) is 12.3. The van der Waals surface area contributed by atoms with Crippen LogP contribution in [0, 0.1) is 17.2 Å². The molecular weight excluding hydrogens is 256 g/mol. The highest BCUT2D eigenvalue weighted by Crippen LogP contribution is 2.23. The van der Waals surface area contributed by atoms with Crippen molar-refractivity contribution in [3.05, 3.63) is 12.7 Å². The topological polar surface area (TPSA) is 76.4 Å². The molecule has 1 fully saturated rings. The summed E-state index contributed by atoms with van der Waals surface area (Å²) >= 11 is 0. The van der Waals surface area contributed by atoms with E-state index in [0.29, 0.717) is 13.0 Å². The monoisotopic (exact) mass is 278 g/mol. The maximum Gasteiger partial charge on any atom is 0.240 e. The lowest BCUT2D eigenvalue weighted by atomic mass is 9.98. The first kappa shape index (κ1) is 16.2. The molecule has 110 valence electrons. The van der Waals surface area contributed by atoms with Crippen LogP contribution >= 0.6 is 0 Å². The number of hydrogen-bond donors (Lipinski definition) is 1. The molecular formula is C14H22N4O2. The Morgan fingerprint density at radius 3 is 2.60 bits per heavy atom. The number of nitrogens with zero attached hydrogens (tertiary/aromatic N) is 3. The van der Waals surface area contributed by atoms with Crippen molar-refractivity contribution in [3.8, 4) is 6.07 Å². The van der Waals surface area contributed by atoms with E-state index in [0.717, 1.165) is 0 Å². The van der Waals surface area contributed by atoms with E-state index in [9.17, 15) is 9.59 Å². The molecule has 1 aliphatic rings. The lowest BCUT2D eigenvalue weighted by molar-refractivity contribution is -0.133. The average molecular weight is 278 g/mol. The van der Waals surface area contributed by atoms with Crippen molar-refractivity contribution in [2.45, 2.75) is 25.4 Å². The minimum Gasteiger partial charge on any atom is -0.349 e. The molecule has 0 aromatic carbocycles. The summed E-state index contributed by atoms with van der Waals surface area (Å²) in [5, 5.41) is 11.9. The summed E-state index contributed by atoms with van der Waals surface area (Å²) in [6, 6.07) is 1.52. The molecule has 0 bridgehead atoms. The molecule has 0 aromatic heterocycles. The minimum atomic E-state index is -0.410. The molecule has 1 heterocycles. The van der Waals surface area contributed by atoms with Crippen molar-refractivity contribution in [1.29, 1.82) is 5.26 Å². The van der Waals surface area contributed by atoms with E-state index in [1.807, 2.05) is 13.0 Å². The molecule has 3 atom stereocenters. The molecule has 6 heteroatoms. The number of amides is 2. The fourth-order valence-corrected chi connectivity index (χ4v) is 2.47. The molecule has 1 saturated heterocycles. The molecule has 0 spiro atoms. The Bertz CT molecular complexity index is 427. The van der Waals surface area contributed by atoms with Gasteiger partial charge in [0.2, 0.25) is 11.8 Å². The van der Waals surface area contributed by atoms with Gasteiger partial charge in [0.25, 0.3) is 0 Å². The van der Waals surface area contributed by atoms with E-state index in [1.165, 1.54) is 4.90 Å². The molecule has 6 nitrogen and oxygen atoms in total. The summed E-state index contributed by atoms with van der Waals surface area (Å²) in [4.78, 5) is 27.4. The number of carbonyl (C=O) groups is 2. The van der Waals surface area contributed by atoms with Crippen molar-refractivity contribution in [3.63, 3.8) is 0 Å². The Labute approximate surface area is 120 Å². The molecule has 1 rings (SSSR count). The second-order valence-corrected chi connectivity index (χ2v) is 5.25. The van der Waals surface area contributed by atoms with Crippen LogP contribution in [0.5, 0.6) is 0 Å². The minimum absolute atomic E-state index is 0.0239. The van der Waals surface area contributed by atoms with E-state index in [-0.39, 0.29) is 30.3 Å². The predicted octanol–water partition coefficient (Wildman–Crippen LogP) is -0.0206. The first-order chi connectivity index (χ1) is 9.42. The zero-order valence-electron chi connectivity index (χ0n) is 12.3. The summed E-state index contributed by atoms with van der Waals surface area (Å²) in [6.45, 7) is 5.86. The molecule has 0 radical (unpaired) electrons. The smallest absolute Gasteiger partial charge is 0.240 e. The standard InChI is InChI=1S/C14H22N4O2/c1-5-7-18(8-6-15)14(20)12-9-11(10(2)16-12)13(19)17(3)4/h5,10-12,16H,1,7-9H2,2-4H3/t10-,11-,12-/m0/s1. The highest BCUT2D eigenvalue weighted by molar-refractivity contribution is 5.86. The van der Waals surface area contributed by atoms with Gasteiger partial charge < -0.3 is 15.1 Å². The second kappa shape index (κ2) is 7.06. The van der Waals surface area contributed by atoms with Crippen molar-refractivity contribution < 1.29 is 9.59 Å². The summed E-state index contributed by atoms with van der Waals surface area (Å²) < 4.78 is 0. The Morgan fingerprint density at radius 2 is 2.10 bits per heavy atom. The Hall–Kier alpha value is -1.87. The van der Waals surface area contributed by atoms with Gasteiger partial charge in [-0.15, -0.1) is 6.58 Å². The highest BCUT2D eigenvalue weighted by Gasteiger charge is 2.40. The van der Waals surface area contributed by atoms with Gasteiger partial charge in [-0.1, -0.05) is 6.08 Å². The van der Waals surface area contributed by atoms with E-state index in [1.54, 1.807) is 25.1 Å². The summed E-state index contributed by atoms with van der Waals surface area (Å²) in [6.07, 6.45) is 2.06. The fourth-order valence-electron chi connectivity index (χ4n) is 2.47. The van der Waals surface area contributed by atoms with Gasteiger partial charge in [-0.3, -0.25) is 9.59 Å². The third kappa shape index (κ3) is 3.58. The molecule has 0 aromatic rings. The van der Waals surface area contributed by atoms with Gasteiger partial charge in [0, 0.05) is 26.7 Å². The van der Waals surface area contributed by atoms with Gasteiger partial charge in [0.1, 0.15) is 6.54 Å². The predicted molar refractivity (Wildman–Crippen MR) is 75.6 cm³/mol. The summed E-state index contributed by atoms with van der Waals surface area (Å²) in [7, 11) is 3.42. The van der Waals surface area contributed by atoms with Crippen LogP contribution in [0.1, 0.15) is 13.3 Å². The Kier molecular flexibility index (Phi) is 5.71. The van der Waals surface area contributed by atoms with Gasteiger partial charge in [-0.25, -0.2) is 0 Å². The van der Waals surface area contributed by atoms with Crippen molar-refractivity contribution in [2.75, 3.05) is 27.2 Å². The van der Waals surface area contributed by atoms with Gasteiger partial charge in [-0.05, 0) is 13.3 Å². The van der Waals surface area contributed by atoms with Crippen molar-refractivity contribution >= 4 is 11.8 Å². The molecule has 0 saturated carbocycles. The van der Waals surface area contributed by atoms with Gasteiger partial charge in [0.05, 0.1) is 18.0 Å². The lowest BCUT2D eigenvalue weighted by Crippen LogP contribution is -2.45. The Morgan fingerprint density at radius 1 is 1.45 bits per heavy atom. The lowest BCUT2D eigenvalue weighted by Gasteiger charge is -2.21. The van der Waals surface area contributed by atoms with Crippen LogP contribution in [0.15, 0.2) is 12.7 Å². The zero-order chi connectivity index (χ0) is 15.3. The number of hydrogen-bond acceptors (Lipinski definition) is 4. The number of nitrogens with one attached hydrogen (secondary N) is 1. The average Bonchev–Trinajstić information content (AvgIpc) is 2.78. The van der Waals surface area contributed by atoms with E-state index < -0.39 is 6.04 Å². The normalized spacial score (nSPS) is 24.8. The third-order valence-corrected chi connectivity index (χ3v) is 3.54. The molecule has 2 amide bonds. The van der Waals surface area contributed by atoms with Crippen LogP contribution in [0.4, 0.5) is 0 Å². The van der Waals surface area contributed by atoms with Crippen LogP contribution < -0.4 is 5.32 Å². The highest BCUT2D eigenvalue weighted by atomic mass is 16.2. The maximum atomic E-state index is 12.3. The van der Waals surface area contributed by atoms with Gasteiger partial charge >= 0.3 is 0 Å². The first-order valence-electron chi connectivity index (χ1n) is 6.66. The largest absolute Gasteiger partial charge is 0.349 e. The first-order valence-corrected chi connectivity index (χ1v) is 6.66. The van der Waals surface area contributed by atoms with E-state index >= 15 is 0 Å². The Balaban J connectivity index is 2.74. The molecule has 20 heavy (non-hydrogen) atoms. The maximum absolute atomic E-state index is 12.3. The number of rotatable bonds is 5. The number of carbonyl (C=O) groups excluding carboxylic acids is 2. The summed E-state index contributed by atoms with van der Waals surface area (Å²) in [5.41, 5.74) is 0. The number of nitriles is 1. The third-order valence-electron chi connectivity index (χ3n) is 3.54. The van der Waals surface area contributed by atoms with Gasteiger partial charge in [0.15, 0.2) is 0 Å². The van der Waals surface area contributed by atoms with E-state index in [2.05, 4.69) is 11.9 Å².